The van der Waals surface area contributed by atoms with Crippen molar-refractivity contribution in [2.24, 2.45) is 0 Å². The lowest BCUT2D eigenvalue weighted by Crippen LogP contribution is -2.56. The van der Waals surface area contributed by atoms with Crippen molar-refractivity contribution < 1.29 is 19.4 Å². The maximum atomic E-state index is 13.1. The Morgan fingerprint density at radius 2 is 1.84 bits per heavy atom. The number of nitrogens with one attached hydrogen (secondary N) is 1. The zero-order chi connectivity index (χ0) is 22.3. The van der Waals surface area contributed by atoms with Gasteiger partial charge in [-0.05, 0) is 24.0 Å². The maximum absolute atomic E-state index is 13.1. The van der Waals surface area contributed by atoms with Gasteiger partial charge in [0.25, 0.3) is 0 Å². The normalized spacial score (nSPS) is 19.2. The van der Waals surface area contributed by atoms with E-state index < -0.39 is 24.3 Å². The van der Waals surface area contributed by atoms with E-state index in [4.69, 9.17) is 4.74 Å². The molecule has 1 aromatic heterocycles. The number of rotatable bonds is 8. The summed E-state index contributed by atoms with van der Waals surface area (Å²) in [5, 5.41) is 12.0. The first kappa shape index (κ1) is 21.8. The van der Waals surface area contributed by atoms with Gasteiger partial charge in [-0.25, -0.2) is 9.59 Å². The number of cyclic esters (lactones) is 1. The van der Waals surface area contributed by atoms with Crippen LogP contribution >= 0.6 is 11.3 Å². The molecule has 2 heterocycles. The molecule has 1 aliphatic rings. The van der Waals surface area contributed by atoms with Crippen molar-refractivity contribution in [2.45, 2.75) is 44.0 Å². The molecule has 2 amide bonds. The molecular weight excluding hydrogens is 426 g/mol. The number of carbonyl (C=O) groups excluding carboxylic acids is 1. The number of amides is 2. The van der Waals surface area contributed by atoms with Gasteiger partial charge in [-0.15, -0.1) is 11.3 Å². The minimum Gasteiger partial charge on any atom is -0.465 e. The molecule has 3 atom stereocenters. The molecule has 8 heteroatoms. The van der Waals surface area contributed by atoms with E-state index in [1.165, 1.54) is 11.3 Å². The number of hydrogen-bond donors (Lipinski definition) is 2. The third kappa shape index (κ3) is 5.64. The summed E-state index contributed by atoms with van der Waals surface area (Å²) in [5.41, 5.74) is 3.84. The smallest absolute Gasteiger partial charge is 0.410 e. The van der Waals surface area contributed by atoms with E-state index in [0.717, 1.165) is 16.0 Å². The number of benzene rings is 2. The third-order valence-corrected chi connectivity index (χ3v) is 6.38. The van der Waals surface area contributed by atoms with Crippen molar-refractivity contribution in [3.8, 4) is 0 Å². The molecule has 0 spiro atoms. The molecule has 2 aromatic carbocycles. The minimum atomic E-state index is -1.13. The summed E-state index contributed by atoms with van der Waals surface area (Å²) in [4.78, 5) is 31.4. The number of carbonyl (C=O) groups is 2. The molecule has 7 nitrogen and oxygen atoms in total. The van der Waals surface area contributed by atoms with E-state index >= 15 is 0 Å². The van der Waals surface area contributed by atoms with Crippen LogP contribution in [0.1, 0.15) is 22.4 Å². The topological polar surface area (TPSA) is 91.8 Å². The predicted octanol–water partition coefficient (Wildman–Crippen LogP) is 4.34. The zero-order valence-corrected chi connectivity index (χ0v) is 18.3. The zero-order valence-electron chi connectivity index (χ0n) is 17.5. The van der Waals surface area contributed by atoms with Gasteiger partial charge in [0.15, 0.2) is 0 Å². The second-order valence-electron chi connectivity index (χ2n) is 7.84. The van der Waals surface area contributed by atoms with Crippen LogP contribution in [0.25, 0.3) is 0 Å². The summed E-state index contributed by atoms with van der Waals surface area (Å²) >= 11 is 1.49. The number of nitrogens with zero attached hydrogens (tertiary/aromatic N) is 2. The summed E-state index contributed by atoms with van der Waals surface area (Å²) in [5.74, 6) is 0. The highest BCUT2D eigenvalue weighted by Crippen LogP contribution is 2.28. The van der Waals surface area contributed by atoms with Crippen LogP contribution in [0.4, 0.5) is 9.59 Å². The van der Waals surface area contributed by atoms with E-state index in [-0.39, 0.29) is 6.04 Å². The van der Waals surface area contributed by atoms with Crippen molar-refractivity contribution in [3.63, 3.8) is 0 Å². The monoisotopic (exact) mass is 451 g/mol. The number of thiazole rings is 1. The van der Waals surface area contributed by atoms with Crippen molar-refractivity contribution in [2.75, 3.05) is 0 Å². The molecule has 3 unspecified atom stereocenters. The van der Waals surface area contributed by atoms with Crippen molar-refractivity contribution in [3.05, 3.63) is 88.4 Å². The van der Waals surface area contributed by atoms with Gasteiger partial charge in [0, 0.05) is 23.5 Å². The van der Waals surface area contributed by atoms with Crippen LogP contribution in [-0.2, 0) is 24.1 Å². The average Bonchev–Trinajstić information content (AvgIpc) is 3.30. The standard InChI is InChI=1S/C24H25N3O4S/c28-23(29)26-21(12-18-9-5-2-6-10-18)22-13-19(11-17-7-3-1-4-8-17)27(24(30)31-22)15-20-14-25-16-32-20/h1-10,14,16,19,21-22,26H,11-13,15H2,(H,28,29). The molecule has 0 radical (unpaired) electrons. The van der Waals surface area contributed by atoms with Gasteiger partial charge in [-0.1, -0.05) is 60.7 Å². The molecule has 3 aromatic rings. The molecule has 166 valence electrons. The molecule has 1 aliphatic heterocycles. The Morgan fingerprint density at radius 3 is 2.47 bits per heavy atom. The molecule has 0 saturated carbocycles. The minimum absolute atomic E-state index is 0.125. The number of hydrogen-bond acceptors (Lipinski definition) is 5. The van der Waals surface area contributed by atoms with Crippen LogP contribution < -0.4 is 5.32 Å². The predicted molar refractivity (Wildman–Crippen MR) is 122 cm³/mol. The number of carboxylic acid groups (broad SMARTS) is 1. The Bertz CT molecular complexity index is 1010. The third-order valence-electron chi connectivity index (χ3n) is 5.61. The molecule has 0 aliphatic carbocycles. The highest BCUT2D eigenvalue weighted by molar-refractivity contribution is 7.09. The summed E-state index contributed by atoms with van der Waals surface area (Å²) in [6.45, 7) is 0.420. The second kappa shape index (κ2) is 10.3. The van der Waals surface area contributed by atoms with Gasteiger partial charge >= 0.3 is 12.2 Å². The van der Waals surface area contributed by atoms with E-state index in [9.17, 15) is 14.7 Å². The quantitative estimate of drug-likeness (QED) is 0.531. The molecule has 2 N–H and O–H groups in total. The van der Waals surface area contributed by atoms with Crippen molar-refractivity contribution >= 4 is 23.5 Å². The van der Waals surface area contributed by atoms with Gasteiger partial charge < -0.3 is 15.2 Å². The van der Waals surface area contributed by atoms with E-state index in [1.807, 2.05) is 60.7 Å². The SMILES string of the molecule is O=C(O)NC(Cc1ccccc1)C1CC(Cc2ccccc2)N(Cc2cncs2)C(=O)O1. The van der Waals surface area contributed by atoms with Crippen molar-refractivity contribution in [1.82, 2.24) is 15.2 Å². The number of aromatic nitrogens is 1. The lowest BCUT2D eigenvalue weighted by atomic mass is 9.91. The van der Waals surface area contributed by atoms with Crippen LogP contribution in [0, 0.1) is 0 Å². The second-order valence-corrected chi connectivity index (χ2v) is 8.81. The lowest BCUT2D eigenvalue weighted by Gasteiger charge is -2.41. The van der Waals surface area contributed by atoms with Crippen molar-refractivity contribution in [1.29, 1.82) is 0 Å². The van der Waals surface area contributed by atoms with E-state index in [1.54, 1.807) is 16.6 Å². The molecule has 1 saturated heterocycles. The fourth-order valence-electron chi connectivity index (χ4n) is 4.10. The van der Waals surface area contributed by atoms with Gasteiger partial charge in [-0.3, -0.25) is 9.88 Å². The first-order valence-electron chi connectivity index (χ1n) is 10.5. The Balaban J connectivity index is 1.57. The summed E-state index contributed by atoms with van der Waals surface area (Å²) < 4.78 is 5.80. The number of ether oxygens (including phenoxy) is 1. The van der Waals surface area contributed by atoms with E-state index in [0.29, 0.717) is 25.8 Å². The Morgan fingerprint density at radius 1 is 1.16 bits per heavy atom. The van der Waals surface area contributed by atoms with Gasteiger partial charge in [-0.2, -0.15) is 0 Å². The fourth-order valence-corrected chi connectivity index (χ4v) is 4.69. The largest absolute Gasteiger partial charge is 0.465 e. The molecule has 4 rings (SSSR count). The molecule has 0 bridgehead atoms. The van der Waals surface area contributed by atoms with E-state index in [2.05, 4.69) is 10.3 Å². The van der Waals surface area contributed by atoms with Gasteiger partial charge in [0.05, 0.1) is 18.1 Å². The van der Waals surface area contributed by atoms with Gasteiger partial charge in [0.2, 0.25) is 0 Å². The Hall–Kier alpha value is -3.39. The fraction of sp³-hybridized carbons (Fsp3) is 0.292. The molecular formula is C24H25N3O4S. The maximum Gasteiger partial charge on any atom is 0.410 e. The first-order chi connectivity index (χ1) is 15.6. The Labute approximate surface area is 190 Å². The summed E-state index contributed by atoms with van der Waals surface area (Å²) in [7, 11) is 0. The van der Waals surface area contributed by atoms with Crippen LogP contribution in [0.2, 0.25) is 0 Å². The summed E-state index contributed by atoms with van der Waals surface area (Å²) in [6, 6.07) is 19.0. The van der Waals surface area contributed by atoms with Crippen LogP contribution in [0.5, 0.6) is 0 Å². The molecule has 1 fully saturated rings. The van der Waals surface area contributed by atoms with Gasteiger partial charge in [0.1, 0.15) is 6.10 Å². The van der Waals surface area contributed by atoms with Crippen LogP contribution in [-0.4, -0.2) is 45.4 Å². The molecule has 32 heavy (non-hydrogen) atoms. The Kier molecular flexibility index (Phi) is 7.01. The van der Waals surface area contributed by atoms with Crippen LogP contribution in [0.15, 0.2) is 72.4 Å². The summed E-state index contributed by atoms with van der Waals surface area (Å²) in [6.07, 6.45) is 1.26. The highest BCUT2D eigenvalue weighted by Gasteiger charge is 2.39. The van der Waals surface area contributed by atoms with Crippen LogP contribution in [0.3, 0.4) is 0 Å². The average molecular weight is 452 g/mol. The highest BCUT2D eigenvalue weighted by atomic mass is 32.1. The lowest BCUT2D eigenvalue weighted by molar-refractivity contribution is -0.0188. The first-order valence-corrected chi connectivity index (χ1v) is 11.4.